The molecule has 2 unspecified atom stereocenters. The number of carbonyl (C=O) groups is 1. The van der Waals surface area contributed by atoms with E-state index in [0.29, 0.717) is 12.8 Å². The van der Waals surface area contributed by atoms with E-state index < -0.39 is 25.4 Å². The minimum atomic E-state index is -4.44. The Morgan fingerprint density at radius 1 is 1.29 bits per heavy atom. The van der Waals surface area contributed by atoms with Crippen molar-refractivity contribution in [2.24, 2.45) is 11.7 Å². The van der Waals surface area contributed by atoms with Crippen LogP contribution in [0.2, 0.25) is 0 Å². The summed E-state index contributed by atoms with van der Waals surface area (Å²) in [5, 5.41) is 2.57. The summed E-state index contributed by atoms with van der Waals surface area (Å²) >= 11 is 0. The smallest absolute Gasteiger partial charge is 0.407 e. The first-order chi connectivity index (χ1) is 11.2. The standard InChI is InChI=1S/C16H27N2O5P/c1-12(2)11-23-16(19)18-14(15(10-17)24(20,21)22)9-8-13-6-4-3-5-7-13/h3-7,12,14-15H,8-11,17H2,1-2H3,(H,18,19)(H2,20,21,22). The van der Waals surface area contributed by atoms with Crippen molar-refractivity contribution in [2.75, 3.05) is 13.2 Å². The fourth-order valence-electron chi connectivity index (χ4n) is 2.30. The summed E-state index contributed by atoms with van der Waals surface area (Å²) in [7, 11) is -4.44. The second-order valence-corrected chi connectivity index (χ2v) is 8.00. The molecule has 0 aliphatic heterocycles. The molecule has 0 heterocycles. The largest absolute Gasteiger partial charge is 0.449 e. The van der Waals surface area contributed by atoms with Gasteiger partial charge in [-0.2, -0.15) is 0 Å². The third kappa shape index (κ3) is 7.45. The summed E-state index contributed by atoms with van der Waals surface area (Å²) in [5.41, 5.74) is 5.41. The number of rotatable bonds is 9. The molecule has 0 aliphatic carbocycles. The monoisotopic (exact) mass is 358 g/mol. The van der Waals surface area contributed by atoms with Crippen molar-refractivity contribution in [3.8, 4) is 0 Å². The number of alkyl carbamates (subject to hydrolysis) is 1. The second kappa shape index (κ2) is 9.79. The van der Waals surface area contributed by atoms with Crippen LogP contribution < -0.4 is 11.1 Å². The number of nitrogens with one attached hydrogen (secondary N) is 1. The molecule has 1 aromatic rings. The first-order valence-electron chi connectivity index (χ1n) is 7.96. The Labute approximate surface area is 142 Å². The van der Waals surface area contributed by atoms with Crippen LogP contribution in [0.25, 0.3) is 0 Å². The van der Waals surface area contributed by atoms with Gasteiger partial charge in [-0.15, -0.1) is 0 Å². The second-order valence-electron chi connectivity index (χ2n) is 6.16. The van der Waals surface area contributed by atoms with Crippen LogP contribution in [0.3, 0.4) is 0 Å². The van der Waals surface area contributed by atoms with Gasteiger partial charge in [-0.25, -0.2) is 4.79 Å². The normalized spacial score (nSPS) is 14.2. The van der Waals surface area contributed by atoms with Gasteiger partial charge < -0.3 is 25.6 Å². The zero-order valence-corrected chi connectivity index (χ0v) is 15.0. The summed E-state index contributed by atoms with van der Waals surface area (Å²) < 4.78 is 16.7. The maximum atomic E-state index is 11.9. The maximum absolute atomic E-state index is 11.9. The number of ether oxygens (including phenoxy) is 1. The molecule has 7 nitrogen and oxygen atoms in total. The minimum absolute atomic E-state index is 0.172. The van der Waals surface area contributed by atoms with Gasteiger partial charge in [-0.05, 0) is 24.3 Å². The van der Waals surface area contributed by atoms with Gasteiger partial charge in [0.25, 0.3) is 0 Å². The van der Waals surface area contributed by atoms with Crippen molar-refractivity contribution in [3.63, 3.8) is 0 Å². The number of hydrogen-bond acceptors (Lipinski definition) is 4. The lowest BCUT2D eigenvalue weighted by Crippen LogP contribution is -2.47. The quantitative estimate of drug-likeness (QED) is 0.500. The fourth-order valence-corrected chi connectivity index (χ4v) is 3.27. The third-order valence-electron chi connectivity index (χ3n) is 3.58. The summed E-state index contributed by atoms with van der Waals surface area (Å²) in [5.74, 6) is 0.172. The zero-order valence-electron chi connectivity index (χ0n) is 14.1. The number of nitrogens with two attached hydrogens (primary N) is 1. The molecule has 1 aromatic carbocycles. The fraction of sp³-hybridized carbons (Fsp3) is 0.562. The van der Waals surface area contributed by atoms with E-state index >= 15 is 0 Å². The molecule has 0 fully saturated rings. The predicted octanol–water partition coefficient (Wildman–Crippen LogP) is 1.88. The topological polar surface area (TPSA) is 122 Å². The average molecular weight is 358 g/mol. The molecule has 0 bridgehead atoms. The highest BCUT2D eigenvalue weighted by atomic mass is 31.2. The molecule has 136 valence electrons. The minimum Gasteiger partial charge on any atom is -0.449 e. The molecule has 8 heteroatoms. The molecule has 0 radical (unpaired) electrons. The summed E-state index contributed by atoms with van der Waals surface area (Å²) in [6.07, 6.45) is 0.230. The Bertz CT molecular complexity index is 547. The molecule has 0 aromatic heterocycles. The first kappa shape index (κ1) is 20.6. The van der Waals surface area contributed by atoms with Gasteiger partial charge in [-0.3, -0.25) is 4.57 Å². The van der Waals surface area contributed by atoms with Crippen LogP contribution in [-0.4, -0.2) is 40.7 Å². The molecule has 24 heavy (non-hydrogen) atoms. The lowest BCUT2D eigenvalue weighted by atomic mass is 10.0. The molecular formula is C16H27N2O5P. The van der Waals surface area contributed by atoms with E-state index in [4.69, 9.17) is 10.5 Å². The van der Waals surface area contributed by atoms with Crippen molar-refractivity contribution in [3.05, 3.63) is 35.9 Å². The van der Waals surface area contributed by atoms with Crippen LogP contribution in [0.5, 0.6) is 0 Å². The summed E-state index contributed by atoms with van der Waals surface area (Å²) in [4.78, 5) is 30.9. The predicted molar refractivity (Wildman–Crippen MR) is 92.8 cm³/mol. The Morgan fingerprint density at radius 2 is 1.92 bits per heavy atom. The molecule has 0 saturated carbocycles. The first-order valence-corrected chi connectivity index (χ1v) is 9.64. The molecule has 0 saturated heterocycles. The van der Waals surface area contributed by atoms with Gasteiger partial charge in [0.15, 0.2) is 0 Å². The van der Waals surface area contributed by atoms with Crippen LogP contribution in [0.4, 0.5) is 4.79 Å². The van der Waals surface area contributed by atoms with Crippen molar-refractivity contribution in [1.29, 1.82) is 0 Å². The number of carbonyl (C=O) groups excluding carboxylic acids is 1. The Balaban J connectivity index is 2.78. The van der Waals surface area contributed by atoms with Crippen LogP contribution in [0.1, 0.15) is 25.8 Å². The molecule has 5 N–H and O–H groups in total. The highest BCUT2D eigenvalue weighted by Gasteiger charge is 2.36. The Kier molecular flexibility index (Phi) is 8.42. The highest BCUT2D eigenvalue weighted by Crippen LogP contribution is 2.43. The van der Waals surface area contributed by atoms with Crippen LogP contribution in [0, 0.1) is 5.92 Å². The van der Waals surface area contributed by atoms with Crippen molar-refractivity contribution in [2.45, 2.75) is 38.4 Å². The van der Waals surface area contributed by atoms with Crippen molar-refractivity contribution < 1.29 is 23.9 Å². The number of benzene rings is 1. The van der Waals surface area contributed by atoms with E-state index in [1.165, 1.54) is 0 Å². The van der Waals surface area contributed by atoms with Gasteiger partial charge in [0.2, 0.25) is 0 Å². The van der Waals surface area contributed by atoms with E-state index in [9.17, 15) is 19.1 Å². The lowest BCUT2D eigenvalue weighted by Gasteiger charge is -2.27. The Hall–Kier alpha value is -1.40. The summed E-state index contributed by atoms with van der Waals surface area (Å²) in [6.45, 7) is 3.81. The molecule has 0 aliphatic rings. The number of aryl methyl sites for hydroxylation is 1. The molecule has 1 rings (SSSR count). The van der Waals surface area contributed by atoms with Crippen LogP contribution in [0.15, 0.2) is 30.3 Å². The van der Waals surface area contributed by atoms with Gasteiger partial charge in [-0.1, -0.05) is 44.2 Å². The van der Waals surface area contributed by atoms with Crippen molar-refractivity contribution >= 4 is 13.7 Å². The lowest BCUT2D eigenvalue weighted by molar-refractivity contribution is 0.128. The Morgan fingerprint density at radius 3 is 2.42 bits per heavy atom. The average Bonchev–Trinajstić information content (AvgIpc) is 2.50. The molecule has 2 atom stereocenters. The summed E-state index contributed by atoms with van der Waals surface area (Å²) in [6, 6.07) is 8.74. The van der Waals surface area contributed by atoms with E-state index in [1.807, 2.05) is 44.2 Å². The third-order valence-corrected chi connectivity index (χ3v) is 5.01. The van der Waals surface area contributed by atoms with Gasteiger partial charge in [0.05, 0.1) is 12.3 Å². The van der Waals surface area contributed by atoms with E-state index in [-0.39, 0.29) is 19.1 Å². The molecule has 1 amide bonds. The van der Waals surface area contributed by atoms with Crippen molar-refractivity contribution in [1.82, 2.24) is 5.32 Å². The number of amides is 1. The van der Waals surface area contributed by atoms with E-state index in [0.717, 1.165) is 5.56 Å². The highest BCUT2D eigenvalue weighted by molar-refractivity contribution is 7.52. The number of hydrogen-bond donors (Lipinski definition) is 4. The van der Waals surface area contributed by atoms with E-state index in [2.05, 4.69) is 5.32 Å². The van der Waals surface area contributed by atoms with Crippen LogP contribution in [-0.2, 0) is 15.7 Å². The van der Waals surface area contributed by atoms with Gasteiger partial charge >= 0.3 is 13.7 Å². The molecule has 0 spiro atoms. The zero-order chi connectivity index (χ0) is 18.2. The van der Waals surface area contributed by atoms with Crippen LogP contribution >= 0.6 is 7.60 Å². The van der Waals surface area contributed by atoms with Gasteiger partial charge in [0.1, 0.15) is 0 Å². The maximum Gasteiger partial charge on any atom is 0.407 e. The van der Waals surface area contributed by atoms with Gasteiger partial charge in [0, 0.05) is 12.6 Å². The van der Waals surface area contributed by atoms with E-state index in [1.54, 1.807) is 0 Å². The SMILES string of the molecule is CC(C)COC(=O)NC(CCc1ccccc1)C(CN)P(=O)(O)O. The molecular weight excluding hydrogens is 331 g/mol.